The van der Waals surface area contributed by atoms with Gasteiger partial charge in [-0.1, -0.05) is 31.4 Å². The van der Waals surface area contributed by atoms with Gasteiger partial charge in [0.15, 0.2) is 6.20 Å². The molecule has 3 nitrogen and oxygen atoms in total. The zero-order valence-corrected chi connectivity index (χ0v) is 17.0. The number of nitrogens with zero attached hydrogens (tertiary/aromatic N) is 2. The van der Waals surface area contributed by atoms with Gasteiger partial charge in [-0.25, -0.2) is 4.57 Å². The summed E-state index contributed by atoms with van der Waals surface area (Å²) in [6.45, 7) is 2.19. The molecular formula is C26H25N2O+. The highest BCUT2D eigenvalue weighted by molar-refractivity contribution is 6.13. The molecule has 0 atom stereocenters. The summed E-state index contributed by atoms with van der Waals surface area (Å²) in [6, 6.07) is 16.8. The molecule has 1 saturated carbocycles. The second-order valence-electron chi connectivity index (χ2n) is 8.29. The number of furan rings is 1. The highest BCUT2D eigenvalue weighted by atomic mass is 16.3. The molecule has 0 unspecified atom stereocenters. The summed E-state index contributed by atoms with van der Waals surface area (Å²) in [4.78, 5) is 0. The van der Waals surface area contributed by atoms with Crippen LogP contribution in [0.1, 0.15) is 54.7 Å². The molecule has 0 spiro atoms. The molecule has 5 rings (SSSR count). The molecule has 1 aliphatic carbocycles. The van der Waals surface area contributed by atoms with E-state index in [1.54, 1.807) is 0 Å². The van der Waals surface area contributed by atoms with Crippen LogP contribution >= 0.6 is 0 Å². The normalized spacial score (nSPS) is 15.1. The number of hydrogen-bond donors (Lipinski definition) is 0. The topological polar surface area (TPSA) is 40.8 Å². The zero-order valence-electron chi connectivity index (χ0n) is 17.0. The SMILES string of the molecule is Cc1cc(C2CCCCC2)c2c(oc3cccc(C#N)c32)c1-c1cccc[n+]1C. The maximum atomic E-state index is 9.80. The van der Waals surface area contributed by atoms with Crippen LogP contribution in [0.4, 0.5) is 0 Å². The van der Waals surface area contributed by atoms with E-state index in [-0.39, 0.29) is 0 Å². The number of rotatable bonds is 2. The molecule has 0 bridgehead atoms. The van der Waals surface area contributed by atoms with Crippen molar-refractivity contribution in [3.05, 3.63) is 65.4 Å². The molecule has 2 aromatic heterocycles. The van der Waals surface area contributed by atoms with Crippen molar-refractivity contribution in [1.82, 2.24) is 0 Å². The van der Waals surface area contributed by atoms with Gasteiger partial charge in [0.05, 0.1) is 17.2 Å². The molecule has 3 heteroatoms. The summed E-state index contributed by atoms with van der Waals surface area (Å²) in [6.07, 6.45) is 8.39. The lowest BCUT2D eigenvalue weighted by Gasteiger charge is -2.23. The maximum Gasteiger partial charge on any atom is 0.216 e. The van der Waals surface area contributed by atoms with E-state index in [9.17, 15) is 5.26 Å². The zero-order chi connectivity index (χ0) is 20.0. The monoisotopic (exact) mass is 381 g/mol. The Labute approximate surface area is 171 Å². The van der Waals surface area contributed by atoms with Crippen LogP contribution in [0.2, 0.25) is 0 Å². The number of aromatic nitrogens is 1. The van der Waals surface area contributed by atoms with Crippen molar-refractivity contribution >= 4 is 21.9 Å². The standard InChI is InChI=1S/C26H25N2O/c1-17-15-20(18-9-4-3-5-10-18)25-24-19(16-27)11-8-13-22(24)29-26(25)23(17)21-12-6-7-14-28(21)2/h6-8,11-15,18H,3-5,9-10H2,1-2H3/q+1. The van der Waals surface area contributed by atoms with Crippen molar-refractivity contribution < 1.29 is 8.98 Å². The van der Waals surface area contributed by atoms with E-state index >= 15 is 0 Å². The van der Waals surface area contributed by atoms with Crippen molar-refractivity contribution in [2.75, 3.05) is 0 Å². The van der Waals surface area contributed by atoms with Gasteiger partial charge in [-0.05, 0) is 55.0 Å². The second-order valence-corrected chi connectivity index (χ2v) is 8.29. The van der Waals surface area contributed by atoms with Crippen molar-refractivity contribution in [3.63, 3.8) is 0 Å². The van der Waals surface area contributed by atoms with Crippen LogP contribution in [0.15, 0.2) is 53.1 Å². The lowest BCUT2D eigenvalue weighted by molar-refractivity contribution is -0.660. The average molecular weight is 381 g/mol. The first-order valence-electron chi connectivity index (χ1n) is 10.5. The lowest BCUT2D eigenvalue weighted by Crippen LogP contribution is -2.30. The first-order chi connectivity index (χ1) is 14.2. The highest BCUT2D eigenvalue weighted by Gasteiger charge is 2.27. The smallest absolute Gasteiger partial charge is 0.216 e. The number of aryl methyl sites for hydroxylation is 2. The van der Waals surface area contributed by atoms with Crippen LogP contribution in [-0.2, 0) is 7.05 Å². The Morgan fingerprint density at radius 2 is 1.86 bits per heavy atom. The van der Waals surface area contributed by atoms with Crippen LogP contribution in [-0.4, -0.2) is 0 Å². The summed E-state index contributed by atoms with van der Waals surface area (Å²) >= 11 is 0. The van der Waals surface area contributed by atoms with E-state index in [0.29, 0.717) is 11.5 Å². The van der Waals surface area contributed by atoms with Crippen LogP contribution in [0.25, 0.3) is 33.2 Å². The minimum atomic E-state index is 0.538. The van der Waals surface area contributed by atoms with Gasteiger partial charge in [0.2, 0.25) is 5.69 Å². The Bertz CT molecular complexity index is 1270. The molecule has 0 radical (unpaired) electrons. The van der Waals surface area contributed by atoms with Crippen LogP contribution in [0.3, 0.4) is 0 Å². The van der Waals surface area contributed by atoms with Gasteiger partial charge in [0, 0.05) is 22.9 Å². The third-order valence-corrected chi connectivity index (χ3v) is 6.47. The summed E-state index contributed by atoms with van der Waals surface area (Å²) in [7, 11) is 2.07. The molecule has 0 saturated heterocycles. The Kier molecular flexibility index (Phi) is 4.36. The van der Waals surface area contributed by atoms with Crippen LogP contribution < -0.4 is 4.57 Å². The molecule has 0 N–H and O–H groups in total. The van der Waals surface area contributed by atoms with Gasteiger partial charge in [-0.3, -0.25) is 0 Å². The summed E-state index contributed by atoms with van der Waals surface area (Å²) < 4.78 is 8.62. The number of nitriles is 1. The second kappa shape index (κ2) is 7.04. The Morgan fingerprint density at radius 1 is 1.03 bits per heavy atom. The minimum absolute atomic E-state index is 0.538. The predicted octanol–water partition coefficient (Wildman–Crippen LogP) is 6.31. The Hall–Kier alpha value is -3.12. The number of hydrogen-bond acceptors (Lipinski definition) is 2. The molecule has 0 aliphatic heterocycles. The number of pyridine rings is 1. The summed E-state index contributed by atoms with van der Waals surface area (Å²) in [5.41, 5.74) is 7.28. The molecule has 4 aromatic rings. The van der Waals surface area contributed by atoms with Gasteiger partial charge in [-0.2, -0.15) is 5.26 Å². The highest BCUT2D eigenvalue weighted by Crippen LogP contribution is 2.45. The molecule has 0 amide bonds. The third-order valence-electron chi connectivity index (χ3n) is 6.47. The molecule has 2 aromatic carbocycles. The fourth-order valence-corrected chi connectivity index (χ4v) is 5.09. The predicted molar refractivity (Wildman–Crippen MR) is 116 cm³/mol. The van der Waals surface area contributed by atoms with Gasteiger partial charge in [0.1, 0.15) is 18.2 Å². The quantitative estimate of drug-likeness (QED) is 0.382. The Morgan fingerprint density at radius 3 is 2.62 bits per heavy atom. The minimum Gasteiger partial charge on any atom is -0.455 e. The fourth-order valence-electron chi connectivity index (χ4n) is 5.09. The Balaban J connectivity index is 1.93. The van der Waals surface area contributed by atoms with Gasteiger partial charge < -0.3 is 4.42 Å². The first kappa shape index (κ1) is 17.9. The van der Waals surface area contributed by atoms with Gasteiger partial charge in [-0.15, -0.1) is 0 Å². The molecular weight excluding hydrogens is 356 g/mol. The molecule has 1 fully saturated rings. The molecule has 1 aliphatic rings. The van der Waals surface area contributed by atoms with Crippen LogP contribution in [0.5, 0.6) is 0 Å². The first-order valence-corrected chi connectivity index (χ1v) is 10.5. The molecule has 144 valence electrons. The largest absolute Gasteiger partial charge is 0.455 e. The van der Waals surface area contributed by atoms with E-state index in [0.717, 1.165) is 33.2 Å². The van der Waals surface area contributed by atoms with E-state index in [1.807, 2.05) is 24.3 Å². The third kappa shape index (κ3) is 2.83. The van der Waals surface area contributed by atoms with E-state index in [4.69, 9.17) is 4.42 Å². The maximum absolute atomic E-state index is 9.80. The van der Waals surface area contributed by atoms with Crippen molar-refractivity contribution in [3.8, 4) is 17.3 Å². The lowest BCUT2D eigenvalue weighted by atomic mass is 9.80. The number of fused-ring (bicyclic) bond motifs is 3. The van der Waals surface area contributed by atoms with E-state index in [2.05, 4.69) is 49.0 Å². The van der Waals surface area contributed by atoms with Gasteiger partial charge in [0.25, 0.3) is 0 Å². The number of benzene rings is 2. The summed E-state index contributed by atoms with van der Waals surface area (Å²) in [5, 5.41) is 11.9. The van der Waals surface area contributed by atoms with Gasteiger partial charge >= 0.3 is 0 Å². The molecule has 2 heterocycles. The summed E-state index contributed by atoms with van der Waals surface area (Å²) in [5.74, 6) is 0.538. The van der Waals surface area contributed by atoms with Crippen molar-refractivity contribution in [1.29, 1.82) is 5.26 Å². The van der Waals surface area contributed by atoms with E-state index in [1.165, 1.54) is 43.2 Å². The van der Waals surface area contributed by atoms with Crippen LogP contribution in [0, 0.1) is 18.3 Å². The average Bonchev–Trinajstić information content (AvgIpc) is 3.14. The van der Waals surface area contributed by atoms with Crippen molar-refractivity contribution in [2.45, 2.75) is 44.9 Å². The van der Waals surface area contributed by atoms with Crippen molar-refractivity contribution in [2.24, 2.45) is 7.05 Å². The fraction of sp³-hybridized carbons (Fsp3) is 0.308. The molecule has 29 heavy (non-hydrogen) atoms. The van der Waals surface area contributed by atoms with E-state index < -0.39 is 0 Å².